The van der Waals surface area contributed by atoms with Crippen molar-refractivity contribution in [2.24, 2.45) is 5.92 Å². The largest absolute Gasteiger partial charge is 0.493 e. The summed E-state index contributed by atoms with van der Waals surface area (Å²) in [4.78, 5) is 13.3. The molecule has 0 aliphatic carbocycles. The minimum absolute atomic E-state index is 0.106. The van der Waals surface area contributed by atoms with Crippen LogP contribution in [0.1, 0.15) is 32.3 Å². The molecule has 0 unspecified atom stereocenters. The number of carbonyl (C=O) groups is 1. The molecule has 1 saturated heterocycles. The Kier molecular flexibility index (Phi) is 5.66. The van der Waals surface area contributed by atoms with E-state index in [1.165, 1.54) is 0 Å². The van der Waals surface area contributed by atoms with E-state index in [2.05, 4.69) is 4.90 Å². The Morgan fingerprint density at radius 3 is 2.55 bits per heavy atom. The molecule has 1 aromatic rings. The third-order valence-corrected chi connectivity index (χ3v) is 3.93. The van der Waals surface area contributed by atoms with Crippen LogP contribution < -0.4 is 9.47 Å². The van der Waals surface area contributed by atoms with Crippen molar-refractivity contribution in [2.75, 3.05) is 20.2 Å². The Balaban J connectivity index is 1.97. The van der Waals surface area contributed by atoms with E-state index >= 15 is 0 Å². The molecule has 0 radical (unpaired) electrons. The van der Waals surface area contributed by atoms with E-state index in [1.54, 1.807) is 7.11 Å². The summed E-state index contributed by atoms with van der Waals surface area (Å²) in [6, 6.07) is 5.99. The van der Waals surface area contributed by atoms with Gasteiger partial charge >= 0.3 is 5.97 Å². The van der Waals surface area contributed by atoms with Crippen molar-refractivity contribution in [2.45, 2.75) is 39.3 Å². The smallest absolute Gasteiger partial charge is 0.306 e. The lowest BCUT2D eigenvalue weighted by atomic mass is 9.97. The normalized spacial score (nSPS) is 16.7. The van der Waals surface area contributed by atoms with Gasteiger partial charge in [-0.15, -0.1) is 0 Å². The van der Waals surface area contributed by atoms with Gasteiger partial charge in [0, 0.05) is 6.54 Å². The summed E-state index contributed by atoms with van der Waals surface area (Å²) in [5, 5.41) is 9.04. The molecule has 5 heteroatoms. The van der Waals surface area contributed by atoms with Gasteiger partial charge in [-0.3, -0.25) is 9.69 Å². The average molecular weight is 307 g/mol. The SMILES string of the molecule is COc1cc(CN2CCC(C(=O)O)CC2)ccc1OC(C)C. The lowest BCUT2D eigenvalue weighted by molar-refractivity contribution is -0.143. The number of ether oxygens (including phenoxy) is 2. The minimum atomic E-state index is -0.670. The van der Waals surface area contributed by atoms with Crippen molar-refractivity contribution in [1.82, 2.24) is 4.90 Å². The number of nitrogens with zero attached hydrogens (tertiary/aromatic N) is 1. The highest BCUT2D eigenvalue weighted by atomic mass is 16.5. The third-order valence-electron chi connectivity index (χ3n) is 3.93. The monoisotopic (exact) mass is 307 g/mol. The Hall–Kier alpha value is -1.75. The van der Waals surface area contributed by atoms with E-state index in [9.17, 15) is 4.79 Å². The molecule has 1 heterocycles. The first kappa shape index (κ1) is 16.6. The summed E-state index contributed by atoms with van der Waals surface area (Å²) in [6.45, 7) is 6.43. The van der Waals surface area contributed by atoms with E-state index in [-0.39, 0.29) is 12.0 Å². The number of carboxylic acids is 1. The zero-order chi connectivity index (χ0) is 16.1. The fourth-order valence-electron chi connectivity index (χ4n) is 2.76. The van der Waals surface area contributed by atoms with Gasteiger partial charge in [0.05, 0.1) is 19.1 Å². The maximum atomic E-state index is 11.0. The van der Waals surface area contributed by atoms with E-state index in [4.69, 9.17) is 14.6 Å². The van der Waals surface area contributed by atoms with Gasteiger partial charge in [-0.1, -0.05) is 6.07 Å². The Morgan fingerprint density at radius 1 is 1.32 bits per heavy atom. The van der Waals surface area contributed by atoms with Gasteiger partial charge in [-0.2, -0.15) is 0 Å². The van der Waals surface area contributed by atoms with E-state index in [1.807, 2.05) is 32.0 Å². The van der Waals surface area contributed by atoms with Crippen molar-refractivity contribution in [3.05, 3.63) is 23.8 Å². The lowest BCUT2D eigenvalue weighted by Gasteiger charge is -2.30. The molecule has 0 saturated carbocycles. The van der Waals surface area contributed by atoms with Crippen molar-refractivity contribution < 1.29 is 19.4 Å². The van der Waals surface area contributed by atoms with Crippen molar-refractivity contribution in [3.8, 4) is 11.5 Å². The molecule has 0 bridgehead atoms. The van der Waals surface area contributed by atoms with E-state index in [0.717, 1.165) is 49.5 Å². The van der Waals surface area contributed by atoms with Crippen LogP contribution in [0.15, 0.2) is 18.2 Å². The molecule has 0 atom stereocenters. The topological polar surface area (TPSA) is 59.0 Å². The van der Waals surface area contributed by atoms with Crippen LogP contribution in [0.4, 0.5) is 0 Å². The summed E-state index contributed by atoms with van der Waals surface area (Å²) in [7, 11) is 1.64. The van der Waals surface area contributed by atoms with Crippen LogP contribution in [0.3, 0.4) is 0 Å². The van der Waals surface area contributed by atoms with E-state index < -0.39 is 5.97 Å². The van der Waals surface area contributed by atoms with Crippen molar-refractivity contribution in [1.29, 1.82) is 0 Å². The molecule has 1 aromatic carbocycles. The number of rotatable bonds is 6. The molecule has 1 fully saturated rings. The number of piperidine rings is 1. The number of hydrogen-bond donors (Lipinski definition) is 1. The average Bonchev–Trinajstić information content (AvgIpc) is 2.49. The molecule has 122 valence electrons. The molecule has 22 heavy (non-hydrogen) atoms. The number of carboxylic acid groups (broad SMARTS) is 1. The first-order valence-electron chi connectivity index (χ1n) is 7.78. The van der Waals surface area contributed by atoms with Gasteiger partial charge in [0.25, 0.3) is 0 Å². The van der Waals surface area contributed by atoms with Crippen LogP contribution in [0.25, 0.3) is 0 Å². The zero-order valence-corrected chi connectivity index (χ0v) is 13.5. The summed E-state index contributed by atoms with van der Waals surface area (Å²) in [5.41, 5.74) is 1.15. The summed E-state index contributed by atoms with van der Waals surface area (Å²) < 4.78 is 11.1. The van der Waals surface area contributed by atoms with Crippen molar-refractivity contribution >= 4 is 5.97 Å². The summed E-state index contributed by atoms with van der Waals surface area (Å²) in [6.07, 6.45) is 1.55. The Bertz CT molecular complexity index is 507. The maximum Gasteiger partial charge on any atom is 0.306 e. The van der Waals surface area contributed by atoms with Gasteiger partial charge in [0.15, 0.2) is 11.5 Å². The first-order valence-corrected chi connectivity index (χ1v) is 7.78. The van der Waals surface area contributed by atoms with Crippen LogP contribution in [-0.4, -0.2) is 42.3 Å². The molecule has 0 spiro atoms. The van der Waals surface area contributed by atoms with Gasteiger partial charge in [0.1, 0.15) is 0 Å². The molecule has 1 N–H and O–H groups in total. The highest BCUT2D eigenvalue weighted by molar-refractivity contribution is 5.70. The standard InChI is InChI=1S/C17H25NO4/c1-12(2)22-15-5-4-13(10-16(15)21-3)11-18-8-6-14(7-9-18)17(19)20/h4-5,10,12,14H,6-9,11H2,1-3H3,(H,19,20). The van der Waals surface area contributed by atoms with Crippen LogP contribution in [0.5, 0.6) is 11.5 Å². The summed E-state index contributed by atoms with van der Waals surface area (Å²) >= 11 is 0. The Morgan fingerprint density at radius 2 is 2.00 bits per heavy atom. The molecule has 0 amide bonds. The summed E-state index contributed by atoms with van der Waals surface area (Å²) in [5.74, 6) is 0.640. The zero-order valence-electron chi connectivity index (χ0n) is 13.5. The second-order valence-electron chi connectivity index (χ2n) is 6.04. The highest BCUT2D eigenvalue weighted by Crippen LogP contribution is 2.30. The molecular weight excluding hydrogens is 282 g/mol. The molecule has 2 rings (SSSR count). The molecule has 0 aromatic heterocycles. The third kappa shape index (κ3) is 4.37. The fourth-order valence-corrected chi connectivity index (χ4v) is 2.76. The fraction of sp³-hybridized carbons (Fsp3) is 0.588. The quantitative estimate of drug-likeness (QED) is 0.875. The lowest BCUT2D eigenvalue weighted by Crippen LogP contribution is -2.35. The second-order valence-corrected chi connectivity index (χ2v) is 6.04. The Labute approximate surface area is 131 Å². The van der Waals surface area contributed by atoms with Gasteiger partial charge in [0.2, 0.25) is 0 Å². The number of aliphatic carboxylic acids is 1. The maximum absolute atomic E-state index is 11.0. The highest BCUT2D eigenvalue weighted by Gasteiger charge is 2.24. The molecule has 1 aliphatic rings. The van der Waals surface area contributed by atoms with Gasteiger partial charge in [-0.05, 0) is 57.5 Å². The van der Waals surface area contributed by atoms with Crippen LogP contribution in [-0.2, 0) is 11.3 Å². The van der Waals surface area contributed by atoms with Crippen molar-refractivity contribution in [3.63, 3.8) is 0 Å². The van der Waals surface area contributed by atoms with Crippen LogP contribution in [0, 0.1) is 5.92 Å². The number of likely N-dealkylation sites (tertiary alicyclic amines) is 1. The molecule has 5 nitrogen and oxygen atoms in total. The van der Waals surface area contributed by atoms with Gasteiger partial charge < -0.3 is 14.6 Å². The van der Waals surface area contributed by atoms with Gasteiger partial charge in [-0.25, -0.2) is 0 Å². The molecular formula is C17H25NO4. The minimum Gasteiger partial charge on any atom is -0.493 e. The predicted octanol–water partition coefficient (Wildman–Crippen LogP) is 2.78. The molecule has 1 aliphatic heterocycles. The van der Waals surface area contributed by atoms with E-state index in [0.29, 0.717) is 0 Å². The van der Waals surface area contributed by atoms with Crippen LogP contribution in [0.2, 0.25) is 0 Å². The number of benzene rings is 1. The predicted molar refractivity (Wildman–Crippen MR) is 84.4 cm³/mol. The van der Waals surface area contributed by atoms with Crippen LogP contribution >= 0.6 is 0 Å². The number of hydrogen-bond acceptors (Lipinski definition) is 4. The second kappa shape index (κ2) is 7.49. The first-order chi connectivity index (χ1) is 10.5. The number of methoxy groups -OCH3 is 1.